The maximum atomic E-state index is 10.7. The van der Waals surface area contributed by atoms with Crippen LogP contribution in [0.15, 0.2) is 28.8 Å². The van der Waals surface area contributed by atoms with Gasteiger partial charge in [0.15, 0.2) is 0 Å². The number of hydrogen-bond donors (Lipinski definition) is 2. The average molecular weight is 247 g/mol. The van der Waals surface area contributed by atoms with Gasteiger partial charge in [0.05, 0.1) is 5.41 Å². The number of carboxylic acids is 1. The van der Waals surface area contributed by atoms with Crippen LogP contribution in [0.3, 0.4) is 0 Å². The summed E-state index contributed by atoms with van der Waals surface area (Å²) in [6.45, 7) is 3.75. The van der Waals surface area contributed by atoms with E-state index in [0.29, 0.717) is 5.69 Å². The Morgan fingerprint density at radius 3 is 2.44 bits per heavy atom. The van der Waals surface area contributed by atoms with E-state index in [-0.39, 0.29) is 11.7 Å². The number of carboxylic acid groups (broad SMARTS) is 1. The number of benzene rings is 1. The highest BCUT2D eigenvalue weighted by molar-refractivity contribution is 5.82. The first-order valence-corrected chi connectivity index (χ1v) is 5.35. The van der Waals surface area contributed by atoms with Crippen molar-refractivity contribution in [3.63, 3.8) is 0 Å². The van der Waals surface area contributed by atoms with Gasteiger partial charge >= 0.3 is 5.97 Å². The minimum absolute atomic E-state index is 0.254. The van der Waals surface area contributed by atoms with E-state index in [0.717, 1.165) is 5.56 Å². The molecule has 0 aliphatic heterocycles. The number of aromatic carboxylic acids is 1. The summed E-state index contributed by atoms with van der Waals surface area (Å²) in [5.41, 5.74) is 6.62. The molecule has 1 heterocycles. The molecule has 18 heavy (non-hydrogen) atoms. The Kier molecular flexibility index (Phi) is 2.78. The molecule has 0 saturated heterocycles. The molecular formula is C12H13N3O3. The van der Waals surface area contributed by atoms with Crippen molar-refractivity contribution in [3.05, 3.63) is 41.5 Å². The van der Waals surface area contributed by atoms with Crippen molar-refractivity contribution in [2.45, 2.75) is 19.3 Å². The Balaban J connectivity index is 2.40. The monoisotopic (exact) mass is 247 g/mol. The molecular weight excluding hydrogens is 234 g/mol. The van der Waals surface area contributed by atoms with E-state index < -0.39 is 11.4 Å². The van der Waals surface area contributed by atoms with Crippen LogP contribution in [0.4, 0.5) is 5.69 Å². The number of carbonyl (C=O) groups is 1. The number of nitrogens with zero attached hydrogens (tertiary/aromatic N) is 2. The quantitative estimate of drug-likeness (QED) is 0.800. The van der Waals surface area contributed by atoms with Gasteiger partial charge in [0.25, 0.3) is 5.82 Å². The summed E-state index contributed by atoms with van der Waals surface area (Å²) in [4.78, 5) is 14.6. The van der Waals surface area contributed by atoms with Crippen molar-refractivity contribution >= 4 is 11.7 Å². The molecule has 0 aliphatic carbocycles. The summed E-state index contributed by atoms with van der Waals surface area (Å²) in [5, 5.41) is 12.2. The first-order chi connectivity index (χ1) is 8.41. The molecule has 0 saturated carbocycles. The molecule has 0 aliphatic rings. The minimum atomic E-state index is -1.21. The molecule has 0 atom stereocenters. The van der Waals surface area contributed by atoms with Crippen LogP contribution in [0, 0.1) is 0 Å². The number of anilines is 1. The summed E-state index contributed by atoms with van der Waals surface area (Å²) < 4.78 is 5.00. The van der Waals surface area contributed by atoms with Gasteiger partial charge in [-0.25, -0.2) is 4.79 Å². The standard InChI is InChI=1S/C12H13N3O3/c1-12(2,7-3-5-8(13)6-4-7)11-14-9(10(16)17)15-18-11/h3-6H,13H2,1-2H3,(H,16,17). The van der Waals surface area contributed by atoms with Crippen LogP contribution in [0.5, 0.6) is 0 Å². The van der Waals surface area contributed by atoms with Gasteiger partial charge in [-0.3, -0.25) is 0 Å². The van der Waals surface area contributed by atoms with E-state index in [1.165, 1.54) is 0 Å². The third-order valence-corrected chi connectivity index (χ3v) is 2.78. The maximum absolute atomic E-state index is 10.7. The summed E-state index contributed by atoms with van der Waals surface area (Å²) in [5.74, 6) is -1.30. The van der Waals surface area contributed by atoms with Gasteiger partial charge in [0.2, 0.25) is 5.89 Å². The van der Waals surface area contributed by atoms with E-state index in [4.69, 9.17) is 15.4 Å². The second kappa shape index (κ2) is 4.14. The minimum Gasteiger partial charge on any atom is -0.475 e. The van der Waals surface area contributed by atoms with E-state index in [1.54, 1.807) is 12.1 Å². The number of rotatable bonds is 3. The van der Waals surface area contributed by atoms with Gasteiger partial charge < -0.3 is 15.4 Å². The van der Waals surface area contributed by atoms with E-state index in [9.17, 15) is 4.79 Å². The molecule has 1 aromatic heterocycles. The fraction of sp³-hybridized carbons (Fsp3) is 0.250. The number of hydrogen-bond acceptors (Lipinski definition) is 5. The van der Waals surface area contributed by atoms with Crippen LogP contribution >= 0.6 is 0 Å². The molecule has 0 fully saturated rings. The molecule has 94 valence electrons. The van der Waals surface area contributed by atoms with Gasteiger partial charge in [-0.15, -0.1) is 0 Å². The predicted molar refractivity (Wildman–Crippen MR) is 64.2 cm³/mol. The van der Waals surface area contributed by atoms with Crippen molar-refractivity contribution in [1.29, 1.82) is 0 Å². The molecule has 1 aromatic carbocycles. The lowest BCUT2D eigenvalue weighted by atomic mass is 9.84. The fourth-order valence-electron chi connectivity index (χ4n) is 1.59. The van der Waals surface area contributed by atoms with Crippen molar-refractivity contribution in [1.82, 2.24) is 10.1 Å². The second-order valence-corrected chi connectivity index (χ2v) is 4.48. The number of nitrogen functional groups attached to an aromatic ring is 1. The lowest BCUT2D eigenvalue weighted by Gasteiger charge is -2.20. The first-order valence-electron chi connectivity index (χ1n) is 5.35. The molecule has 0 radical (unpaired) electrons. The summed E-state index contributed by atoms with van der Waals surface area (Å²) in [6.07, 6.45) is 0. The van der Waals surface area contributed by atoms with Crippen molar-refractivity contribution in [3.8, 4) is 0 Å². The topological polar surface area (TPSA) is 102 Å². The lowest BCUT2D eigenvalue weighted by molar-refractivity contribution is 0.0680. The van der Waals surface area contributed by atoms with E-state index in [2.05, 4.69) is 10.1 Å². The van der Waals surface area contributed by atoms with Crippen molar-refractivity contribution < 1.29 is 14.4 Å². The Bertz CT molecular complexity index is 573. The molecule has 3 N–H and O–H groups in total. The summed E-state index contributed by atoms with van der Waals surface area (Å²) in [7, 11) is 0. The van der Waals surface area contributed by atoms with E-state index >= 15 is 0 Å². The second-order valence-electron chi connectivity index (χ2n) is 4.48. The number of nitrogens with two attached hydrogens (primary N) is 1. The molecule has 6 nitrogen and oxygen atoms in total. The third kappa shape index (κ3) is 2.04. The Hall–Kier alpha value is -2.37. The average Bonchev–Trinajstić information content (AvgIpc) is 2.79. The molecule has 2 rings (SSSR count). The van der Waals surface area contributed by atoms with Gasteiger partial charge in [-0.05, 0) is 36.7 Å². The number of aromatic nitrogens is 2. The summed E-state index contributed by atoms with van der Waals surface area (Å²) >= 11 is 0. The zero-order valence-electron chi connectivity index (χ0n) is 10.0. The van der Waals surface area contributed by atoms with Crippen molar-refractivity contribution in [2.75, 3.05) is 5.73 Å². The van der Waals surface area contributed by atoms with Crippen molar-refractivity contribution in [2.24, 2.45) is 0 Å². The Labute approximate surface area is 103 Å². The SMILES string of the molecule is CC(C)(c1ccc(N)cc1)c1nc(C(=O)O)no1. The highest BCUT2D eigenvalue weighted by Gasteiger charge is 2.30. The Morgan fingerprint density at radius 2 is 1.94 bits per heavy atom. The van der Waals surface area contributed by atoms with Crippen LogP contribution in [-0.4, -0.2) is 21.2 Å². The van der Waals surface area contributed by atoms with Crippen LogP contribution in [-0.2, 0) is 5.41 Å². The highest BCUT2D eigenvalue weighted by Crippen LogP contribution is 2.30. The zero-order valence-corrected chi connectivity index (χ0v) is 10.0. The van der Waals surface area contributed by atoms with Gasteiger partial charge in [0, 0.05) is 5.69 Å². The smallest absolute Gasteiger partial charge is 0.377 e. The zero-order chi connectivity index (χ0) is 13.3. The van der Waals surface area contributed by atoms with Gasteiger partial charge in [-0.1, -0.05) is 12.1 Å². The van der Waals surface area contributed by atoms with E-state index in [1.807, 2.05) is 26.0 Å². The lowest BCUT2D eigenvalue weighted by Crippen LogP contribution is -2.19. The Morgan fingerprint density at radius 1 is 1.33 bits per heavy atom. The van der Waals surface area contributed by atoms with Crippen LogP contribution in [0.2, 0.25) is 0 Å². The largest absolute Gasteiger partial charge is 0.475 e. The highest BCUT2D eigenvalue weighted by atomic mass is 16.5. The maximum Gasteiger partial charge on any atom is 0.377 e. The summed E-state index contributed by atoms with van der Waals surface area (Å²) in [6, 6.07) is 7.23. The molecule has 0 spiro atoms. The predicted octanol–water partition coefficient (Wildman–Crippen LogP) is 1.68. The van der Waals surface area contributed by atoms with Crippen LogP contribution in [0.25, 0.3) is 0 Å². The third-order valence-electron chi connectivity index (χ3n) is 2.78. The fourth-order valence-corrected chi connectivity index (χ4v) is 1.59. The molecule has 6 heteroatoms. The van der Waals surface area contributed by atoms with Crippen LogP contribution < -0.4 is 5.73 Å². The van der Waals surface area contributed by atoms with Gasteiger partial charge in [-0.2, -0.15) is 4.98 Å². The molecule has 2 aromatic rings. The van der Waals surface area contributed by atoms with Crippen LogP contribution in [0.1, 0.15) is 35.9 Å². The van der Waals surface area contributed by atoms with Gasteiger partial charge in [0.1, 0.15) is 0 Å². The normalized spacial score (nSPS) is 11.4. The molecule has 0 bridgehead atoms. The molecule has 0 amide bonds. The molecule has 0 unspecified atom stereocenters. The first kappa shape index (κ1) is 12.1.